The van der Waals surface area contributed by atoms with Crippen molar-refractivity contribution >= 4 is 47.1 Å². The second kappa shape index (κ2) is 5.78. The van der Waals surface area contributed by atoms with Gasteiger partial charge >= 0.3 is 23.1 Å². The Kier molecular flexibility index (Phi) is 8.14. The second-order valence-electron chi connectivity index (χ2n) is 2.69. The average Bonchev–Trinajstić information content (AvgIpc) is 1.59. The van der Waals surface area contributed by atoms with E-state index in [0.717, 1.165) is 5.33 Å². The highest BCUT2D eigenvalue weighted by Crippen LogP contribution is 1.95. The number of halogens is 1. The lowest BCUT2D eigenvalue weighted by atomic mass is 10.8. The zero-order chi connectivity index (χ0) is 6.62. The first-order valence-corrected chi connectivity index (χ1v) is 7.24. The molecule has 0 aliphatic carbocycles. The van der Waals surface area contributed by atoms with Gasteiger partial charge in [-0.15, -0.1) is 5.54 Å². The molecule has 0 aromatic rings. The molecule has 0 aliphatic heterocycles. The monoisotopic (exact) mass is 216 g/mol. The first kappa shape index (κ1) is 12.7. The third-order valence-electron chi connectivity index (χ3n) is 0.530. The zero-order valence-corrected chi connectivity index (χ0v) is 8.17. The molecule has 0 radical (unpaired) electrons. The third-order valence-corrected chi connectivity index (χ3v) is 1.74. The highest BCUT2D eigenvalue weighted by atomic mass is 79.9. The molecule has 0 spiro atoms. The van der Waals surface area contributed by atoms with Crippen LogP contribution in [0.25, 0.3) is 0 Å². The first-order valence-electron chi connectivity index (χ1n) is 2.62. The molecule has 0 saturated heterocycles. The van der Waals surface area contributed by atoms with Gasteiger partial charge in [0.25, 0.3) is 0 Å². The summed E-state index contributed by atoms with van der Waals surface area (Å²) in [7, 11) is -1.07. The normalized spacial score (nSPS) is 8.89. The molecule has 0 rings (SSSR count). The van der Waals surface area contributed by atoms with Crippen LogP contribution in [-0.2, 0) is 0 Å². The van der Waals surface area contributed by atoms with Crippen molar-refractivity contribution in [2.24, 2.45) is 0 Å². The molecule has 3 heteroatoms. The number of alkyl halides is 1. The van der Waals surface area contributed by atoms with Gasteiger partial charge in [-0.05, 0) is 0 Å². The Morgan fingerprint density at radius 2 is 1.78 bits per heavy atom. The predicted molar refractivity (Wildman–Crippen MR) is 53.5 cm³/mol. The van der Waals surface area contributed by atoms with E-state index < -0.39 is 8.07 Å². The number of hydrogen-bond acceptors (Lipinski definition) is 0. The van der Waals surface area contributed by atoms with Crippen molar-refractivity contribution < 1.29 is 0 Å². The Morgan fingerprint density at radius 1 is 1.33 bits per heavy atom. The van der Waals surface area contributed by atoms with E-state index in [0.29, 0.717) is 0 Å². The minimum atomic E-state index is -1.07. The quantitative estimate of drug-likeness (QED) is 0.326. The Labute approximate surface area is 83.1 Å². The van der Waals surface area contributed by atoms with Crippen LogP contribution in [0, 0.1) is 11.5 Å². The summed E-state index contributed by atoms with van der Waals surface area (Å²) < 4.78 is 0. The van der Waals surface area contributed by atoms with Crippen LogP contribution in [0.15, 0.2) is 0 Å². The van der Waals surface area contributed by atoms with Crippen molar-refractivity contribution in [3.8, 4) is 11.5 Å². The van der Waals surface area contributed by atoms with Gasteiger partial charge in [0.2, 0.25) is 0 Å². The molecule has 0 atom stereocenters. The molecule has 9 heavy (non-hydrogen) atoms. The van der Waals surface area contributed by atoms with Crippen molar-refractivity contribution in [1.82, 2.24) is 0 Å². The van der Waals surface area contributed by atoms with E-state index in [1.54, 1.807) is 0 Å². The summed E-state index contributed by atoms with van der Waals surface area (Å²) in [4.78, 5) is 0. The van der Waals surface area contributed by atoms with Gasteiger partial charge in [0.15, 0.2) is 0 Å². The summed E-state index contributed by atoms with van der Waals surface area (Å²) in [5.41, 5.74) is 3.21. The Balaban J connectivity index is 0. The fraction of sp³-hybridized carbons (Fsp3) is 0.667. The molecule has 0 aliphatic rings. The smallest absolute Gasteiger partial charge is 0.131 e. The van der Waals surface area contributed by atoms with Crippen molar-refractivity contribution in [3.63, 3.8) is 0 Å². The molecule has 0 bridgehead atoms. The number of hydrogen-bond donors (Lipinski definition) is 0. The summed E-state index contributed by atoms with van der Waals surface area (Å²) in [5, 5.41) is 0.817. The van der Waals surface area contributed by atoms with Crippen LogP contribution < -0.4 is 0 Å². The van der Waals surface area contributed by atoms with Crippen LogP contribution in [0.3, 0.4) is 0 Å². The van der Waals surface area contributed by atoms with E-state index in [1.165, 1.54) is 0 Å². The van der Waals surface area contributed by atoms with Crippen LogP contribution in [-0.4, -0.2) is 36.5 Å². The van der Waals surface area contributed by atoms with Crippen LogP contribution in [0.2, 0.25) is 19.6 Å². The molecule has 0 nitrogen and oxygen atoms in total. The van der Waals surface area contributed by atoms with Gasteiger partial charge in [-0.2, -0.15) is 0 Å². The van der Waals surface area contributed by atoms with Gasteiger partial charge in [0, 0.05) is 0 Å². The fourth-order valence-corrected chi connectivity index (χ4v) is 1.32. The van der Waals surface area contributed by atoms with Crippen molar-refractivity contribution in [1.29, 1.82) is 0 Å². The molecule has 0 unspecified atom stereocenters. The van der Waals surface area contributed by atoms with Crippen LogP contribution in [0.4, 0.5) is 0 Å². The lowest BCUT2D eigenvalue weighted by molar-refractivity contribution is 1.80. The lowest BCUT2D eigenvalue weighted by Crippen LogP contribution is -2.16. The predicted octanol–water partition coefficient (Wildman–Crippen LogP) is 1.35. The van der Waals surface area contributed by atoms with Crippen molar-refractivity contribution in [3.05, 3.63) is 0 Å². The summed E-state index contributed by atoms with van der Waals surface area (Å²) >= 11 is 3.25. The topological polar surface area (TPSA) is 0 Å². The third kappa shape index (κ3) is 12.3. The molecule has 0 N–H and O–H groups in total. The molecular weight excluding hydrogens is 204 g/mol. The van der Waals surface area contributed by atoms with E-state index in [9.17, 15) is 0 Å². The Bertz CT molecular complexity index is 117. The molecule has 0 amide bonds. The van der Waals surface area contributed by atoms with Crippen molar-refractivity contribution in [2.45, 2.75) is 19.6 Å². The van der Waals surface area contributed by atoms with Gasteiger partial charge in [0.1, 0.15) is 8.07 Å². The largest absolute Gasteiger partial charge is 0.316 e. The van der Waals surface area contributed by atoms with Gasteiger partial charge in [-0.25, -0.2) is 0 Å². The maximum absolute atomic E-state index is 3.25. The van der Waals surface area contributed by atoms with E-state index in [-0.39, 0.29) is 23.1 Å². The summed E-state index contributed by atoms with van der Waals surface area (Å²) in [6.45, 7) is 6.72. The standard InChI is InChI=1S/C6H11BrSi.Mg.2H/c1-8(2,3)6-4-5-7;;;/h5H2,1-3H3;;;. The lowest BCUT2D eigenvalue weighted by Gasteiger charge is -2.02. The summed E-state index contributed by atoms with van der Waals surface area (Å²) in [5.74, 6) is 3.02. The zero-order valence-electron chi connectivity index (χ0n) is 5.59. The van der Waals surface area contributed by atoms with Crippen LogP contribution >= 0.6 is 15.9 Å². The van der Waals surface area contributed by atoms with Crippen molar-refractivity contribution in [2.75, 3.05) is 5.33 Å². The molecule has 0 heterocycles. The molecule has 0 fully saturated rings. The highest BCUT2D eigenvalue weighted by Gasteiger charge is 2.06. The minimum Gasteiger partial charge on any atom is -0.131 e. The summed E-state index contributed by atoms with van der Waals surface area (Å²) in [6.07, 6.45) is 0. The Hall–Kier alpha value is 1.02. The molecular formula is C6H13BrMgSi. The van der Waals surface area contributed by atoms with Gasteiger partial charge < -0.3 is 0 Å². The summed E-state index contributed by atoms with van der Waals surface area (Å²) in [6, 6.07) is 0. The van der Waals surface area contributed by atoms with Gasteiger partial charge in [-0.1, -0.05) is 41.5 Å². The van der Waals surface area contributed by atoms with E-state index >= 15 is 0 Å². The fourth-order valence-electron chi connectivity index (χ4n) is 0.299. The SMILES string of the molecule is C[Si](C)(C)C#CCBr.[MgH2]. The van der Waals surface area contributed by atoms with E-state index in [1.807, 2.05) is 0 Å². The second-order valence-corrected chi connectivity index (χ2v) is 8.00. The first-order chi connectivity index (χ1) is 3.56. The van der Waals surface area contributed by atoms with Crippen LogP contribution in [0.1, 0.15) is 0 Å². The molecule has 0 aromatic heterocycles. The van der Waals surface area contributed by atoms with Gasteiger partial charge in [0.05, 0.1) is 5.33 Å². The maximum Gasteiger partial charge on any atom is 0.316 e. The van der Waals surface area contributed by atoms with E-state index in [4.69, 9.17) is 0 Å². The molecule has 50 valence electrons. The average molecular weight is 217 g/mol. The van der Waals surface area contributed by atoms with Gasteiger partial charge in [-0.3, -0.25) is 0 Å². The minimum absolute atomic E-state index is 0. The maximum atomic E-state index is 3.25. The number of rotatable bonds is 0. The Morgan fingerprint density at radius 3 is 1.89 bits per heavy atom. The van der Waals surface area contributed by atoms with E-state index in [2.05, 4.69) is 47.0 Å². The molecule has 0 saturated carbocycles. The van der Waals surface area contributed by atoms with Crippen LogP contribution in [0.5, 0.6) is 0 Å². The molecule has 0 aromatic carbocycles. The highest BCUT2D eigenvalue weighted by molar-refractivity contribution is 9.09.